The molecule has 0 aliphatic heterocycles. The highest BCUT2D eigenvalue weighted by molar-refractivity contribution is 6.35. The summed E-state index contributed by atoms with van der Waals surface area (Å²) in [4.78, 5) is 0. The number of rotatable bonds is 3. The van der Waals surface area contributed by atoms with Crippen LogP contribution in [0.15, 0.2) is 36.7 Å². The Kier molecular flexibility index (Phi) is 3.77. The Hall–Kier alpha value is -0.960. The van der Waals surface area contributed by atoms with Gasteiger partial charge in [-0.25, -0.2) is 0 Å². The van der Waals surface area contributed by atoms with Crippen molar-refractivity contribution in [2.45, 2.75) is 12.5 Å². The largest absolute Gasteiger partial charge is 0.388 e. The van der Waals surface area contributed by atoms with E-state index in [4.69, 9.17) is 23.2 Å². The van der Waals surface area contributed by atoms with Gasteiger partial charge in [0.05, 0.1) is 6.10 Å². The predicted molar refractivity (Wildman–Crippen MR) is 70.5 cm³/mol. The molecule has 0 saturated carbocycles. The van der Waals surface area contributed by atoms with Gasteiger partial charge < -0.3 is 9.67 Å². The lowest BCUT2D eigenvalue weighted by atomic mass is 10.0. The molecule has 0 spiro atoms. The Morgan fingerprint density at radius 3 is 2.65 bits per heavy atom. The number of aliphatic hydroxyl groups excluding tert-OH is 1. The molecule has 1 atom stereocenters. The summed E-state index contributed by atoms with van der Waals surface area (Å²) in [5.41, 5.74) is 1.78. The van der Waals surface area contributed by atoms with Crippen LogP contribution < -0.4 is 0 Å². The first-order valence-electron chi connectivity index (χ1n) is 5.30. The van der Waals surface area contributed by atoms with Crippen LogP contribution in [0.5, 0.6) is 0 Å². The standard InChI is InChI=1S/C13H13Cl2NO/c1-16-5-4-10(8-16)13(17)6-9-2-3-11(14)7-12(9)15/h2-5,7-8,13,17H,6H2,1H3. The topological polar surface area (TPSA) is 25.2 Å². The van der Waals surface area contributed by atoms with Crippen molar-refractivity contribution in [3.05, 3.63) is 57.8 Å². The molecule has 2 rings (SSSR count). The maximum atomic E-state index is 10.1. The van der Waals surface area contributed by atoms with E-state index in [1.54, 1.807) is 12.1 Å². The average molecular weight is 270 g/mol. The highest BCUT2D eigenvalue weighted by atomic mass is 35.5. The molecule has 90 valence electrons. The van der Waals surface area contributed by atoms with Gasteiger partial charge in [0.25, 0.3) is 0 Å². The van der Waals surface area contributed by atoms with Crippen molar-refractivity contribution in [1.29, 1.82) is 0 Å². The zero-order chi connectivity index (χ0) is 12.4. The zero-order valence-corrected chi connectivity index (χ0v) is 10.9. The van der Waals surface area contributed by atoms with Gasteiger partial charge >= 0.3 is 0 Å². The van der Waals surface area contributed by atoms with Crippen LogP contribution in [0.25, 0.3) is 0 Å². The molecule has 0 aliphatic rings. The summed E-state index contributed by atoms with van der Waals surface area (Å²) in [6.45, 7) is 0. The van der Waals surface area contributed by atoms with Crippen LogP contribution in [-0.4, -0.2) is 9.67 Å². The molecule has 0 saturated heterocycles. The third-order valence-electron chi connectivity index (χ3n) is 2.67. The molecule has 1 unspecified atom stereocenters. The third-order valence-corrected chi connectivity index (χ3v) is 3.25. The van der Waals surface area contributed by atoms with E-state index < -0.39 is 6.10 Å². The molecular formula is C13H13Cl2NO. The Labute approximate surface area is 110 Å². The Bertz CT molecular complexity index is 522. The van der Waals surface area contributed by atoms with E-state index in [2.05, 4.69) is 0 Å². The number of benzene rings is 1. The molecule has 0 aliphatic carbocycles. The van der Waals surface area contributed by atoms with Crippen LogP contribution in [0, 0.1) is 0 Å². The van der Waals surface area contributed by atoms with Gasteiger partial charge in [-0.15, -0.1) is 0 Å². The van der Waals surface area contributed by atoms with Crippen molar-refractivity contribution in [2.24, 2.45) is 7.05 Å². The number of nitrogens with zero attached hydrogens (tertiary/aromatic N) is 1. The number of aromatic nitrogens is 1. The Morgan fingerprint density at radius 2 is 2.06 bits per heavy atom. The van der Waals surface area contributed by atoms with Gasteiger partial charge in [0.15, 0.2) is 0 Å². The normalized spacial score (nSPS) is 12.7. The van der Waals surface area contributed by atoms with Gasteiger partial charge in [0, 0.05) is 35.9 Å². The van der Waals surface area contributed by atoms with Crippen molar-refractivity contribution in [1.82, 2.24) is 4.57 Å². The maximum absolute atomic E-state index is 10.1. The van der Waals surface area contributed by atoms with Crippen LogP contribution in [-0.2, 0) is 13.5 Å². The van der Waals surface area contributed by atoms with Crippen molar-refractivity contribution in [2.75, 3.05) is 0 Å². The molecule has 0 fully saturated rings. The van der Waals surface area contributed by atoms with Gasteiger partial charge in [-0.1, -0.05) is 29.3 Å². The van der Waals surface area contributed by atoms with Crippen LogP contribution in [0.3, 0.4) is 0 Å². The molecule has 1 aromatic carbocycles. The van der Waals surface area contributed by atoms with Crippen LogP contribution in [0.4, 0.5) is 0 Å². The van der Waals surface area contributed by atoms with Gasteiger partial charge in [-0.2, -0.15) is 0 Å². The third kappa shape index (κ3) is 3.03. The van der Waals surface area contributed by atoms with Crippen molar-refractivity contribution >= 4 is 23.2 Å². The minimum Gasteiger partial charge on any atom is -0.388 e. The molecule has 0 amide bonds. The fraction of sp³-hybridized carbons (Fsp3) is 0.231. The monoisotopic (exact) mass is 269 g/mol. The van der Waals surface area contributed by atoms with E-state index in [0.29, 0.717) is 16.5 Å². The van der Waals surface area contributed by atoms with E-state index >= 15 is 0 Å². The fourth-order valence-corrected chi connectivity index (χ4v) is 2.22. The fourth-order valence-electron chi connectivity index (χ4n) is 1.74. The minimum absolute atomic E-state index is 0.486. The first kappa shape index (κ1) is 12.5. The highest BCUT2D eigenvalue weighted by Gasteiger charge is 2.11. The second kappa shape index (κ2) is 5.13. The van der Waals surface area contributed by atoms with E-state index in [1.807, 2.05) is 36.1 Å². The zero-order valence-electron chi connectivity index (χ0n) is 9.40. The van der Waals surface area contributed by atoms with Crippen molar-refractivity contribution < 1.29 is 5.11 Å². The molecule has 2 aromatic rings. The van der Waals surface area contributed by atoms with Crippen LogP contribution in [0.2, 0.25) is 10.0 Å². The van der Waals surface area contributed by atoms with E-state index in [0.717, 1.165) is 11.1 Å². The summed E-state index contributed by atoms with van der Waals surface area (Å²) in [6.07, 6.45) is 3.74. The number of hydrogen-bond acceptors (Lipinski definition) is 1. The smallest absolute Gasteiger partial charge is 0.0845 e. The molecule has 4 heteroatoms. The van der Waals surface area contributed by atoms with Crippen molar-refractivity contribution in [3.8, 4) is 0 Å². The van der Waals surface area contributed by atoms with Crippen LogP contribution in [0.1, 0.15) is 17.2 Å². The lowest BCUT2D eigenvalue weighted by Crippen LogP contribution is -2.01. The second-order valence-corrected chi connectivity index (χ2v) is 4.91. The SMILES string of the molecule is Cn1ccc(C(O)Cc2ccc(Cl)cc2Cl)c1. The van der Waals surface area contributed by atoms with E-state index in [1.165, 1.54) is 0 Å². The molecule has 1 aromatic heterocycles. The summed E-state index contributed by atoms with van der Waals surface area (Å²) >= 11 is 11.9. The number of aliphatic hydroxyl groups is 1. The molecule has 1 heterocycles. The number of hydrogen-bond donors (Lipinski definition) is 1. The molecule has 17 heavy (non-hydrogen) atoms. The molecule has 0 bridgehead atoms. The summed E-state index contributed by atoms with van der Waals surface area (Å²) in [5.74, 6) is 0. The summed E-state index contributed by atoms with van der Waals surface area (Å²) < 4.78 is 1.90. The number of halogens is 2. The quantitative estimate of drug-likeness (QED) is 0.905. The summed E-state index contributed by atoms with van der Waals surface area (Å²) in [6, 6.07) is 7.21. The lowest BCUT2D eigenvalue weighted by Gasteiger charge is -2.10. The lowest BCUT2D eigenvalue weighted by molar-refractivity contribution is 0.178. The second-order valence-electron chi connectivity index (χ2n) is 4.07. The van der Waals surface area contributed by atoms with Gasteiger partial charge in [0.1, 0.15) is 0 Å². The average Bonchev–Trinajstić information content (AvgIpc) is 2.69. The van der Waals surface area contributed by atoms with Crippen LogP contribution >= 0.6 is 23.2 Å². The first-order chi connectivity index (χ1) is 8.06. The van der Waals surface area contributed by atoms with Gasteiger partial charge in [-0.05, 0) is 29.3 Å². The molecule has 2 nitrogen and oxygen atoms in total. The minimum atomic E-state index is -0.546. The Morgan fingerprint density at radius 1 is 1.29 bits per heavy atom. The highest BCUT2D eigenvalue weighted by Crippen LogP contribution is 2.26. The number of aryl methyl sites for hydroxylation is 1. The maximum Gasteiger partial charge on any atom is 0.0845 e. The Balaban J connectivity index is 2.15. The first-order valence-corrected chi connectivity index (χ1v) is 6.05. The summed E-state index contributed by atoms with van der Waals surface area (Å²) in [7, 11) is 1.92. The summed E-state index contributed by atoms with van der Waals surface area (Å²) in [5, 5.41) is 11.3. The predicted octanol–water partition coefficient (Wildman–Crippen LogP) is 3.61. The molecule has 0 radical (unpaired) electrons. The van der Waals surface area contributed by atoms with E-state index in [-0.39, 0.29) is 0 Å². The van der Waals surface area contributed by atoms with Gasteiger partial charge in [0.2, 0.25) is 0 Å². The molecular weight excluding hydrogens is 257 g/mol. The van der Waals surface area contributed by atoms with E-state index in [9.17, 15) is 5.11 Å². The van der Waals surface area contributed by atoms with Gasteiger partial charge in [-0.3, -0.25) is 0 Å². The molecule has 1 N–H and O–H groups in total. The van der Waals surface area contributed by atoms with Crippen molar-refractivity contribution in [3.63, 3.8) is 0 Å².